The highest BCUT2D eigenvalue weighted by atomic mass is 19.4. The quantitative estimate of drug-likeness (QED) is 0.499. The summed E-state index contributed by atoms with van der Waals surface area (Å²) in [5.74, 6) is -0.476. The second kappa shape index (κ2) is 9.44. The summed E-state index contributed by atoms with van der Waals surface area (Å²) in [4.78, 5) is 11.0. The van der Waals surface area contributed by atoms with Crippen molar-refractivity contribution in [2.45, 2.75) is 37.8 Å². The van der Waals surface area contributed by atoms with Crippen molar-refractivity contribution in [2.75, 3.05) is 0 Å². The Labute approximate surface area is 184 Å². The lowest BCUT2D eigenvalue weighted by Gasteiger charge is -2.35. The van der Waals surface area contributed by atoms with Crippen molar-refractivity contribution in [3.63, 3.8) is 0 Å². The van der Waals surface area contributed by atoms with E-state index in [1.807, 2.05) is 84.2 Å². The van der Waals surface area contributed by atoms with Gasteiger partial charge in [0, 0.05) is 6.04 Å². The van der Waals surface area contributed by atoms with Gasteiger partial charge in [-0.05, 0) is 53.8 Å². The van der Waals surface area contributed by atoms with Crippen molar-refractivity contribution in [3.8, 4) is 22.6 Å². The molecule has 0 saturated heterocycles. The summed E-state index contributed by atoms with van der Waals surface area (Å²) < 4.78 is 48.9. The van der Waals surface area contributed by atoms with Crippen LogP contribution in [0.25, 0.3) is 11.1 Å². The third-order valence-corrected chi connectivity index (χ3v) is 5.31. The van der Waals surface area contributed by atoms with Gasteiger partial charge in [-0.1, -0.05) is 54.6 Å². The molecule has 4 rings (SSSR count). The molecule has 0 radical (unpaired) electrons. The minimum Gasteiger partial charge on any atom is -0.457 e. The first kappa shape index (κ1) is 21.9. The van der Waals surface area contributed by atoms with Gasteiger partial charge >= 0.3 is 12.1 Å². The maximum Gasteiger partial charge on any atom is 0.471 e. The van der Waals surface area contributed by atoms with E-state index in [-0.39, 0.29) is 6.10 Å². The molecule has 0 bridgehead atoms. The molecule has 1 aliphatic carbocycles. The van der Waals surface area contributed by atoms with E-state index in [4.69, 9.17) is 9.47 Å². The van der Waals surface area contributed by atoms with Crippen molar-refractivity contribution >= 4 is 5.91 Å². The monoisotopic (exact) mass is 441 g/mol. The number of hydrogen-bond donors (Lipinski definition) is 1. The molecular formula is C25H22F3NO3. The summed E-state index contributed by atoms with van der Waals surface area (Å²) in [6, 6.07) is 24.6. The Hall–Kier alpha value is -3.32. The van der Waals surface area contributed by atoms with Gasteiger partial charge in [-0.25, -0.2) is 0 Å². The molecule has 0 spiro atoms. The topological polar surface area (TPSA) is 47.6 Å². The lowest BCUT2D eigenvalue weighted by atomic mass is 9.89. The normalized spacial score (nSPS) is 18.0. The average molecular weight is 441 g/mol. The third kappa shape index (κ3) is 5.48. The minimum atomic E-state index is -4.86. The van der Waals surface area contributed by atoms with Crippen LogP contribution in [0.2, 0.25) is 0 Å². The fraction of sp³-hybridized carbons (Fsp3) is 0.240. The van der Waals surface area contributed by atoms with Crippen molar-refractivity contribution in [3.05, 3.63) is 84.4 Å². The Morgan fingerprint density at radius 3 is 2.22 bits per heavy atom. The van der Waals surface area contributed by atoms with E-state index in [9.17, 15) is 18.0 Å². The summed E-state index contributed by atoms with van der Waals surface area (Å²) in [7, 11) is 0. The largest absolute Gasteiger partial charge is 0.471 e. The predicted molar refractivity (Wildman–Crippen MR) is 114 cm³/mol. The second-order valence-corrected chi connectivity index (χ2v) is 7.67. The average Bonchev–Trinajstić information content (AvgIpc) is 2.76. The molecule has 0 unspecified atom stereocenters. The van der Waals surface area contributed by atoms with Crippen LogP contribution in [0.15, 0.2) is 78.9 Å². The molecule has 0 aliphatic heterocycles. The number of ether oxygens (including phenoxy) is 2. The van der Waals surface area contributed by atoms with Crippen LogP contribution in [0.1, 0.15) is 18.4 Å². The van der Waals surface area contributed by atoms with E-state index in [1.165, 1.54) is 0 Å². The van der Waals surface area contributed by atoms with E-state index in [2.05, 4.69) is 0 Å². The van der Waals surface area contributed by atoms with E-state index >= 15 is 0 Å². The van der Waals surface area contributed by atoms with E-state index in [1.54, 1.807) is 0 Å². The Balaban J connectivity index is 1.42. The number of rotatable bonds is 7. The Morgan fingerprint density at radius 2 is 1.56 bits per heavy atom. The zero-order valence-electron chi connectivity index (χ0n) is 17.1. The van der Waals surface area contributed by atoms with Crippen LogP contribution in [0.5, 0.6) is 11.5 Å². The molecular weight excluding hydrogens is 419 g/mol. The van der Waals surface area contributed by atoms with Gasteiger partial charge in [0.2, 0.25) is 0 Å². The van der Waals surface area contributed by atoms with Gasteiger partial charge in [-0.2, -0.15) is 13.2 Å². The Morgan fingerprint density at radius 1 is 0.906 bits per heavy atom. The van der Waals surface area contributed by atoms with Gasteiger partial charge in [0.15, 0.2) is 0 Å². The molecule has 3 aromatic rings. The van der Waals surface area contributed by atoms with Crippen molar-refractivity contribution in [1.82, 2.24) is 5.32 Å². The molecule has 7 heteroatoms. The van der Waals surface area contributed by atoms with Gasteiger partial charge < -0.3 is 14.8 Å². The standard InChI is InChI=1S/C25H22F3NO3/c26-25(27,28)24(30)29-19-13-22(14-19)31-16-18-11-12-21(32-20-9-5-2-6-10-20)15-23(18)17-7-3-1-4-8-17/h1-12,15,19,22H,13-14,16H2,(H,29,30)/t19-,22-. The molecule has 0 aromatic heterocycles. The molecule has 4 nitrogen and oxygen atoms in total. The summed E-state index contributed by atoms with van der Waals surface area (Å²) in [5, 5.41) is 1.99. The lowest BCUT2D eigenvalue weighted by molar-refractivity contribution is -0.176. The summed E-state index contributed by atoms with van der Waals surface area (Å²) in [6.45, 7) is 0.306. The van der Waals surface area contributed by atoms with Gasteiger partial charge in [0.1, 0.15) is 11.5 Å². The Kier molecular flexibility index (Phi) is 6.46. The maximum atomic E-state index is 12.4. The number of carbonyl (C=O) groups excluding carboxylic acids is 1. The van der Waals surface area contributed by atoms with Gasteiger partial charge in [-0.15, -0.1) is 0 Å². The van der Waals surface area contributed by atoms with Crippen LogP contribution in [0.3, 0.4) is 0 Å². The van der Waals surface area contributed by atoms with Gasteiger partial charge in [0.05, 0.1) is 12.7 Å². The summed E-state index contributed by atoms with van der Waals surface area (Å²) in [6.07, 6.45) is -4.34. The van der Waals surface area contributed by atoms with Crippen LogP contribution in [-0.4, -0.2) is 24.2 Å². The van der Waals surface area contributed by atoms with Crippen LogP contribution >= 0.6 is 0 Å². The van der Waals surface area contributed by atoms with Crippen molar-refractivity contribution < 1.29 is 27.4 Å². The summed E-state index contributed by atoms with van der Waals surface area (Å²) in [5.41, 5.74) is 2.91. The SMILES string of the molecule is O=C(N[C@H]1C[C@H](OCc2ccc(Oc3ccccc3)cc2-c2ccccc2)C1)C(F)(F)F. The molecule has 1 N–H and O–H groups in total. The third-order valence-electron chi connectivity index (χ3n) is 5.31. The molecule has 32 heavy (non-hydrogen) atoms. The highest BCUT2D eigenvalue weighted by Gasteiger charge is 2.42. The molecule has 1 aliphatic rings. The predicted octanol–water partition coefficient (Wildman–Crippen LogP) is 5.87. The number of para-hydroxylation sites is 1. The maximum absolute atomic E-state index is 12.4. The molecule has 166 valence electrons. The molecule has 3 aromatic carbocycles. The molecule has 1 fully saturated rings. The van der Waals surface area contributed by atoms with Crippen LogP contribution in [0.4, 0.5) is 13.2 Å². The molecule has 1 amide bonds. The highest BCUT2D eigenvalue weighted by molar-refractivity contribution is 5.82. The first-order chi connectivity index (χ1) is 15.4. The molecule has 0 heterocycles. The van der Waals surface area contributed by atoms with Crippen molar-refractivity contribution in [2.24, 2.45) is 0 Å². The molecule has 0 atom stereocenters. The molecule has 1 saturated carbocycles. The highest BCUT2D eigenvalue weighted by Crippen LogP contribution is 2.33. The fourth-order valence-electron chi connectivity index (χ4n) is 3.55. The number of benzene rings is 3. The van der Waals surface area contributed by atoms with Crippen LogP contribution in [-0.2, 0) is 16.1 Å². The van der Waals surface area contributed by atoms with Gasteiger partial charge in [0.25, 0.3) is 0 Å². The van der Waals surface area contributed by atoms with Crippen LogP contribution < -0.4 is 10.1 Å². The van der Waals surface area contributed by atoms with Crippen molar-refractivity contribution in [1.29, 1.82) is 0 Å². The minimum absolute atomic E-state index is 0.197. The smallest absolute Gasteiger partial charge is 0.457 e. The van der Waals surface area contributed by atoms with E-state index in [0.717, 1.165) is 22.4 Å². The van der Waals surface area contributed by atoms with Crippen LogP contribution in [0, 0.1) is 0 Å². The number of amides is 1. The van der Waals surface area contributed by atoms with Gasteiger partial charge in [-0.3, -0.25) is 4.79 Å². The number of nitrogens with one attached hydrogen (secondary N) is 1. The van der Waals surface area contributed by atoms with E-state index in [0.29, 0.717) is 25.2 Å². The second-order valence-electron chi connectivity index (χ2n) is 7.67. The first-order valence-electron chi connectivity index (χ1n) is 10.3. The number of halogens is 3. The summed E-state index contributed by atoms with van der Waals surface area (Å²) >= 11 is 0. The number of carbonyl (C=O) groups is 1. The zero-order valence-corrected chi connectivity index (χ0v) is 17.1. The number of alkyl halides is 3. The van der Waals surface area contributed by atoms with E-state index < -0.39 is 18.1 Å². The fourth-order valence-corrected chi connectivity index (χ4v) is 3.55. The number of hydrogen-bond acceptors (Lipinski definition) is 3. The lowest BCUT2D eigenvalue weighted by Crippen LogP contribution is -2.51. The Bertz CT molecular complexity index is 1050. The first-order valence-corrected chi connectivity index (χ1v) is 10.3. The zero-order chi connectivity index (χ0) is 22.6.